The lowest BCUT2D eigenvalue weighted by Crippen LogP contribution is -1.98. The van der Waals surface area contributed by atoms with Crippen molar-refractivity contribution < 1.29 is 0 Å². The van der Waals surface area contributed by atoms with Crippen LogP contribution in [0, 0.1) is 0 Å². The van der Waals surface area contributed by atoms with Crippen LogP contribution in [-0.2, 0) is 0 Å². The highest BCUT2D eigenvalue weighted by Crippen LogP contribution is 1.81. The van der Waals surface area contributed by atoms with Crippen molar-refractivity contribution in [2.45, 2.75) is 26.2 Å². The van der Waals surface area contributed by atoms with Crippen LogP contribution in [-0.4, -0.2) is 17.5 Å². The van der Waals surface area contributed by atoms with E-state index in [-0.39, 0.29) is 17.5 Å². The standard InChI is InChI=1S/C4H12NSi2/c1-6(2)5-7(3)4/h1-4H3. The average Bonchev–Trinajstić information content (AvgIpc) is 1.27. The van der Waals surface area contributed by atoms with Crippen LogP contribution in [0.1, 0.15) is 0 Å². The molecule has 0 aliphatic heterocycles. The largest absolute Gasteiger partial charge is 0.368 e. The van der Waals surface area contributed by atoms with Gasteiger partial charge in [-0.15, -0.1) is 0 Å². The summed E-state index contributed by atoms with van der Waals surface area (Å²) in [6.07, 6.45) is 0. The molecule has 0 amide bonds. The maximum absolute atomic E-state index is 4.48. The Labute approximate surface area is 48.8 Å². The van der Waals surface area contributed by atoms with Gasteiger partial charge in [0.2, 0.25) is 0 Å². The highest BCUT2D eigenvalue weighted by atomic mass is 28.3. The van der Waals surface area contributed by atoms with Crippen molar-refractivity contribution in [2.75, 3.05) is 0 Å². The molecule has 0 saturated heterocycles. The van der Waals surface area contributed by atoms with Gasteiger partial charge >= 0.3 is 0 Å². The van der Waals surface area contributed by atoms with Crippen LogP contribution in [0.15, 0.2) is 4.30 Å². The van der Waals surface area contributed by atoms with Crippen molar-refractivity contribution in [2.24, 2.45) is 4.30 Å². The molecule has 0 rings (SSSR count). The molecule has 0 saturated carbocycles. The fourth-order valence-corrected chi connectivity index (χ4v) is 4.02. The molecule has 7 heavy (non-hydrogen) atoms. The van der Waals surface area contributed by atoms with E-state index in [0.717, 1.165) is 0 Å². The molecular weight excluding hydrogens is 118 g/mol. The van der Waals surface area contributed by atoms with Crippen LogP contribution in [0.25, 0.3) is 0 Å². The molecule has 0 fully saturated rings. The van der Waals surface area contributed by atoms with Crippen LogP contribution in [0.5, 0.6) is 0 Å². The van der Waals surface area contributed by atoms with Crippen LogP contribution in [0.3, 0.4) is 0 Å². The summed E-state index contributed by atoms with van der Waals surface area (Å²) in [7, 11) is -0.528. The molecule has 1 radical (unpaired) electrons. The van der Waals surface area contributed by atoms with Crippen LogP contribution >= 0.6 is 0 Å². The molecule has 41 valence electrons. The molecule has 0 spiro atoms. The first-order valence-corrected chi connectivity index (χ1v) is 7.34. The van der Waals surface area contributed by atoms with E-state index in [2.05, 4.69) is 30.5 Å². The molecule has 0 N–H and O–H groups in total. The summed E-state index contributed by atoms with van der Waals surface area (Å²) in [6.45, 7) is 8.90. The van der Waals surface area contributed by atoms with Gasteiger partial charge in [0.1, 0.15) is 8.59 Å². The summed E-state index contributed by atoms with van der Waals surface area (Å²) in [4.78, 5) is 0. The Kier molecular flexibility index (Phi) is 3.37. The smallest absolute Gasteiger partial charge is 0.174 e. The second-order valence-electron chi connectivity index (χ2n) is 2.01. The number of hydrogen-bond donors (Lipinski definition) is 0. The maximum atomic E-state index is 4.48. The second-order valence-corrected chi connectivity index (χ2v) is 6.69. The first-order chi connectivity index (χ1) is 3.13. The summed E-state index contributed by atoms with van der Waals surface area (Å²) in [6, 6.07) is 0. The first kappa shape index (κ1) is 7.23. The van der Waals surface area contributed by atoms with Crippen molar-refractivity contribution in [3.8, 4) is 0 Å². The van der Waals surface area contributed by atoms with E-state index in [4.69, 9.17) is 0 Å². The highest BCUT2D eigenvalue weighted by molar-refractivity contribution is 6.62. The second kappa shape index (κ2) is 3.26. The Morgan fingerprint density at radius 3 is 1.43 bits per heavy atom. The quantitative estimate of drug-likeness (QED) is 0.480. The van der Waals surface area contributed by atoms with E-state index in [1.54, 1.807) is 0 Å². The molecule has 1 nitrogen and oxygen atoms in total. The molecule has 0 atom stereocenters. The normalized spacial score (nSPS) is 9.29. The highest BCUT2D eigenvalue weighted by Gasteiger charge is 1.87. The minimum Gasteiger partial charge on any atom is -0.368 e. The Balaban J connectivity index is 3.45. The Morgan fingerprint density at radius 1 is 1.00 bits per heavy atom. The Bertz CT molecular complexity index is 73.8. The fourth-order valence-electron chi connectivity index (χ4n) is 0.447. The predicted molar refractivity (Wildman–Crippen MR) is 37.4 cm³/mol. The van der Waals surface area contributed by atoms with Crippen molar-refractivity contribution in [1.82, 2.24) is 0 Å². The van der Waals surface area contributed by atoms with Crippen molar-refractivity contribution in [3.05, 3.63) is 0 Å². The molecule has 0 aromatic heterocycles. The number of hydrogen-bond acceptors (Lipinski definition) is 1. The lowest BCUT2D eigenvalue weighted by Gasteiger charge is -1.90. The molecule has 0 aliphatic carbocycles. The van der Waals surface area contributed by atoms with Gasteiger partial charge in [-0.1, -0.05) is 13.1 Å². The minimum atomic E-state index is -0.264. The van der Waals surface area contributed by atoms with Gasteiger partial charge in [0.15, 0.2) is 8.96 Å². The molecule has 0 aromatic carbocycles. The van der Waals surface area contributed by atoms with Crippen molar-refractivity contribution in [1.29, 1.82) is 0 Å². The molecular formula is C4H12NSi2. The summed E-state index contributed by atoms with van der Waals surface area (Å²) in [5.41, 5.74) is 0. The monoisotopic (exact) mass is 130 g/mol. The van der Waals surface area contributed by atoms with E-state index in [9.17, 15) is 0 Å². The van der Waals surface area contributed by atoms with E-state index >= 15 is 0 Å². The van der Waals surface area contributed by atoms with E-state index in [0.29, 0.717) is 0 Å². The van der Waals surface area contributed by atoms with E-state index < -0.39 is 0 Å². The van der Waals surface area contributed by atoms with Crippen molar-refractivity contribution >= 4 is 17.5 Å². The summed E-state index contributed by atoms with van der Waals surface area (Å²) in [5, 5.41) is 0. The summed E-state index contributed by atoms with van der Waals surface area (Å²) in [5.74, 6) is 0. The SMILES string of the molecule is C[Si](C)N=[Si](C)C. The van der Waals surface area contributed by atoms with Gasteiger partial charge in [-0.3, -0.25) is 0 Å². The first-order valence-electron chi connectivity index (χ1n) is 2.45. The molecule has 0 unspecified atom stereocenters. The molecule has 3 heteroatoms. The zero-order valence-electron chi connectivity index (χ0n) is 5.45. The van der Waals surface area contributed by atoms with Gasteiger partial charge in [-0.2, -0.15) is 0 Å². The topological polar surface area (TPSA) is 12.4 Å². The van der Waals surface area contributed by atoms with E-state index in [1.165, 1.54) is 0 Å². The lowest BCUT2D eigenvalue weighted by molar-refractivity contribution is 1.70. The van der Waals surface area contributed by atoms with Crippen LogP contribution in [0.2, 0.25) is 26.2 Å². The summed E-state index contributed by atoms with van der Waals surface area (Å²) < 4.78 is 4.48. The zero-order chi connectivity index (χ0) is 5.86. The van der Waals surface area contributed by atoms with Crippen molar-refractivity contribution in [3.63, 3.8) is 0 Å². The number of rotatable bonds is 1. The van der Waals surface area contributed by atoms with Crippen LogP contribution in [0.4, 0.5) is 0 Å². The summed E-state index contributed by atoms with van der Waals surface area (Å²) >= 11 is 0. The fraction of sp³-hybridized carbons (Fsp3) is 1.00. The predicted octanol–water partition coefficient (Wildman–Crippen LogP) is 1.76. The third kappa shape index (κ3) is 6.23. The van der Waals surface area contributed by atoms with Gasteiger partial charge in [-0.25, -0.2) is 0 Å². The Morgan fingerprint density at radius 2 is 1.43 bits per heavy atom. The van der Waals surface area contributed by atoms with Gasteiger partial charge in [0.05, 0.1) is 0 Å². The molecule has 0 heterocycles. The van der Waals surface area contributed by atoms with Gasteiger partial charge in [0.25, 0.3) is 0 Å². The van der Waals surface area contributed by atoms with E-state index in [1.807, 2.05) is 0 Å². The van der Waals surface area contributed by atoms with Gasteiger partial charge in [0, 0.05) is 0 Å². The van der Waals surface area contributed by atoms with Gasteiger partial charge < -0.3 is 4.30 Å². The third-order valence-corrected chi connectivity index (χ3v) is 4.02. The molecule has 0 bridgehead atoms. The number of nitrogens with zero attached hydrogens (tertiary/aromatic N) is 1. The lowest BCUT2D eigenvalue weighted by atomic mass is 11.9. The Hall–Kier alpha value is 0.234. The minimum absolute atomic E-state index is 0.264. The molecule has 0 aliphatic rings. The molecule has 0 aromatic rings. The third-order valence-electron chi connectivity index (χ3n) is 0.447. The maximum Gasteiger partial charge on any atom is 0.174 e. The van der Waals surface area contributed by atoms with Crippen LogP contribution < -0.4 is 0 Å². The zero-order valence-corrected chi connectivity index (χ0v) is 7.45. The average molecular weight is 130 g/mol. The van der Waals surface area contributed by atoms with Gasteiger partial charge in [-0.05, 0) is 13.1 Å².